The highest BCUT2D eigenvalue weighted by Gasteiger charge is 2.50. The molecule has 8 unspecified atom stereocenters. The molecule has 1 saturated heterocycles. The zero-order valence-electron chi connectivity index (χ0n) is 13.6. The molecule has 1 aliphatic heterocycles. The minimum atomic E-state index is 0.903. The van der Waals surface area contributed by atoms with E-state index in [4.69, 9.17) is 0 Å². The van der Waals surface area contributed by atoms with Crippen LogP contribution in [0.15, 0.2) is 0 Å². The zero-order chi connectivity index (χ0) is 13.8. The van der Waals surface area contributed by atoms with Crippen LogP contribution in [0.2, 0.25) is 0 Å². The van der Waals surface area contributed by atoms with Crippen LogP contribution < -0.4 is 5.32 Å². The molecular weight excluding hydrogens is 254 g/mol. The monoisotopic (exact) mass is 287 g/mol. The van der Waals surface area contributed by atoms with E-state index in [1.807, 2.05) is 0 Å². The molecule has 0 radical (unpaired) electrons. The lowest BCUT2D eigenvalue weighted by atomic mass is 9.63. The second-order valence-electron chi connectivity index (χ2n) is 9.26. The first-order valence-corrected chi connectivity index (χ1v) is 10.1. The molecule has 0 spiro atoms. The van der Waals surface area contributed by atoms with Crippen molar-refractivity contribution < 1.29 is 0 Å². The van der Waals surface area contributed by atoms with Gasteiger partial charge >= 0.3 is 0 Å². The van der Waals surface area contributed by atoms with E-state index in [1.165, 1.54) is 32.1 Å². The standard InChI is InChI=1S/C20H33N/c1-3-7-17-13(5-1)9-15-12-20-16(11-18(15)17)10-14-6-2-4-8-19(14)21-20/h13-21H,1-12H2. The number of rotatable bonds is 0. The van der Waals surface area contributed by atoms with Crippen molar-refractivity contribution in [3.63, 3.8) is 0 Å². The van der Waals surface area contributed by atoms with E-state index in [0.29, 0.717) is 0 Å². The molecule has 1 heteroatoms. The zero-order valence-corrected chi connectivity index (χ0v) is 13.6. The second kappa shape index (κ2) is 5.25. The SMILES string of the molecule is C1CCC2NC3CC4CC5CCCCC5C4CC3CC2C1. The quantitative estimate of drug-likeness (QED) is 0.677. The van der Waals surface area contributed by atoms with Crippen LogP contribution in [-0.4, -0.2) is 12.1 Å². The Morgan fingerprint density at radius 2 is 1.24 bits per heavy atom. The third-order valence-corrected chi connectivity index (χ3v) is 8.37. The molecule has 1 nitrogen and oxygen atoms in total. The smallest absolute Gasteiger partial charge is 0.0101 e. The van der Waals surface area contributed by atoms with Gasteiger partial charge in [0.1, 0.15) is 0 Å². The fraction of sp³-hybridized carbons (Fsp3) is 1.00. The molecule has 4 aliphatic carbocycles. The highest BCUT2D eigenvalue weighted by Crippen LogP contribution is 2.56. The van der Waals surface area contributed by atoms with Gasteiger partial charge in [-0.3, -0.25) is 0 Å². The Hall–Kier alpha value is -0.0400. The van der Waals surface area contributed by atoms with Crippen LogP contribution in [0.3, 0.4) is 0 Å². The van der Waals surface area contributed by atoms with Gasteiger partial charge in [-0.15, -0.1) is 0 Å². The van der Waals surface area contributed by atoms with Crippen molar-refractivity contribution in [1.82, 2.24) is 5.32 Å². The molecule has 118 valence electrons. The van der Waals surface area contributed by atoms with E-state index >= 15 is 0 Å². The minimum Gasteiger partial charge on any atom is -0.311 e. The summed E-state index contributed by atoms with van der Waals surface area (Å²) in [6.07, 6.45) is 18.6. The predicted octanol–water partition coefficient (Wildman–Crippen LogP) is 4.76. The van der Waals surface area contributed by atoms with Gasteiger partial charge in [0.15, 0.2) is 0 Å². The van der Waals surface area contributed by atoms with Crippen molar-refractivity contribution in [3.8, 4) is 0 Å². The number of fused-ring (bicyclic) bond motifs is 5. The summed E-state index contributed by atoms with van der Waals surface area (Å²) in [4.78, 5) is 0. The van der Waals surface area contributed by atoms with E-state index < -0.39 is 0 Å². The van der Waals surface area contributed by atoms with Crippen molar-refractivity contribution in [3.05, 3.63) is 0 Å². The lowest BCUT2D eigenvalue weighted by Gasteiger charge is -2.50. The maximum Gasteiger partial charge on any atom is 0.0101 e. The Morgan fingerprint density at radius 1 is 0.476 bits per heavy atom. The van der Waals surface area contributed by atoms with Crippen LogP contribution in [0, 0.1) is 35.5 Å². The molecule has 0 amide bonds. The molecular formula is C20H33N. The van der Waals surface area contributed by atoms with Crippen molar-refractivity contribution in [1.29, 1.82) is 0 Å². The number of hydrogen-bond acceptors (Lipinski definition) is 1. The summed E-state index contributed by atoms with van der Waals surface area (Å²) < 4.78 is 0. The van der Waals surface area contributed by atoms with Gasteiger partial charge in [0.2, 0.25) is 0 Å². The molecule has 5 fully saturated rings. The normalized spacial score (nSPS) is 56.0. The van der Waals surface area contributed by atoms with Crippen LogP contribution in [0.4, 0.5) is 0 Å². The first-order valence-electron chi connectivity index (χ1n) is 10.1. The molecule has 21 heavy (non-hydrogen) atoms. The van der Waals surface area contributed by atoms with Crippen molar-refractivity contribution >= 4 is 0 Å². The first-order chi connectivity index (χ1) is 10.4. The Labute approximate surface area is 130 Å². The van der Waals surface area contributed by atoms with Gasteiger partial charge in [-0.25, -0.2) is 0 Å². The Morgan fingerprint density at radius 3 is 2.19 bits per heavy atom. The molecule has 1 N–H and O–H groups in total. The van der Waals surface area contributed by atoms with Gasteiger partial charge in [0.25, 0.3) is 0 Å². The summed E-state index contributed by atoms with van der Waals surface area (Å²) >= 11 is 0. The van der Waals surface area contributed by atoms with Gasteiger partial charge in [0, 0.05) is 12.1 Å². The van der Waals surface area contributed by atoms with E-state index in [-0.39, 0.29) is 0 Å². The summed E-state index contributed by atoms with van der Waals surface area (Å²) in [5.74, 6) is 6.61. The number of hydrogen-bond donors (Lipinski definition) is 1. The summed E-state index contributed by atoms with van der Waals surface area (Å²) in [7, 11) is 0. The van der Waals surface area contributed by atoms with Crippen LogP contribution in [0.1, 0.15) is 77.0 Å². The molecule has 0 aromatic heterocycles. The lowest BCUT2D eigenvalue weighted by Crippen LogP contribution is -2.56. The summed E-state index contributed by atoms with van der Waals surface area (Å²) in [6, 6.07) is 1.81. The van der Waals surface area contributed by atoms with Crippen LogP contribution in [-0.2, 0) is 0 Å². The average molecular weight is 287 g/mol. The molecule has 8 atom stereocenters. The van der Waals surface area contributed by atoms with E-state index in [0.717, 1.165) is 47.6 Å². The van der Waals surface area contributed by atoms with Crippen molar-refractivity contribution in [2.75, 3.05) is 0 Å². The van der Waals surface area contributed by atoms with E-state index in [1.54, 1.807) is 44.9 Å². The summed E-state index contributed by atoms with van der Waals surface area (Å²) in [5.41, 5.74) is 0. The lowest BCUT2D eigenvalue weighted by molar-refractivity contribution is 0.0426. The average Bonchev–Trinajstić information content (AvgIpc) is 2.88. The predicted molar refractivity (Wildman–Crippen MR) is 87.1 cm³/mol. The van der Waals surface area contributed by atoms with E-state index in [9.17, 15) is 0 Å². The molecule has 0 aromatic rings. The first kappa shape index (κ1) is 13.4. The van der Waals surface area contributed by atoms with E-state index in [2.05, 4.69) is 5.32 Å². The maximum atomic E-state index is 4.15. The highest BCUT2D eigenvalue weighted by molar-refractivity contribution is 5.03. The van der Waals surface area contributed by atoms with Crippen molar-refractivity contribution in [2.45, 2.75) is 89.1 Å². The number of nitrogens with one attached hydrogen (secondary N) is 1. The third-order valence-electron chi connectivity index (χ3n) is 8.37. The largest absolute Gasteiger partial charge is 0.311 e. The summed E-state index contributed by atoms with van der Waals surface area (Å²) in [5, 5.41) is 4.15. The van der Waals surface area contributed by atoms with Crippen molar-refractivity contribution in [2.24, 2.45) is 35.5 Å². The van der Waals surface area contributed by atoms with Gasteiger partial charge < -0.3 is 5.32 Å². The molecule has 5 aliphatic rings. The maximum absolute atomic E-state index is 4.15. The van der Waals surface area contributed by atoms with Crippen LogP contribution in [0.25, 0.3) is 0 Å². The Kier molecular flexibility index (Phi) is 3.35. The molecule has 0 bridgehead atoms. The van der Waals surface area contributed by atoms with Gasteiger partial charge in [-0.05, 0) is 80.5 Å². The Balaban J connectivity index is 1.33. The van der Waals surface area contributed by atoms with Gasteiger partial charge in [-0.2, -0.15) is 0 Å². The molecule has 5 rings (SSSR count). The van der Waals surface area contributed by atoms with Crippen LogP contribution in [0.5, 0.6) is 0 Å². The third kappa shape index (κ3) is 2.21. The Bertz CT molecular complexity index is 389. The fourth-order valence-corrected chi connectivity index (χ4v) is 7.51. The molecule has 4 saturated carbocycles. The fourth-order valence-electron chi connectivity index (χ4n) is 7.51. The topological polar surface area (TPSA) is 12.0 Å². The highest BCUT2D eigenvalue weighted by atomic mass is 15.0. The van der Waals surface area contributed by atoms with Crippen LogP contribution >= 0.6 is 0 Å². The van der Waals surface area contributed by atoms with Gasteiger partial charge in [0.05, 0.1) is 0 Å². The molecule has 0 aromatic carbocycles. The molecule has 1 heterocycles. The number of piperidine rings is 1. The van der Waals surface area contributed by atoms with Gasteiger partial charge in [-0.1, -0.05) is 32.1 Å². The second-order valence-corrected chi connectivity index (χ2v) is 9.26. The summed E-state index contributed by atoms with van der Waals surface area (Å²) in [6.45, 7) is 0. The minimum absolute atomic E-state index is 0.903.